The molecule has 212 valence electrons. The van der Waals surface area contributed by atoms with E-state index in [0.717, 1.165) is 24.6 Å². The topological polar surface area (TPSA) is 164 Å². The first kappa shape index (κ1) is 30.3. The first-order valence-corrected chi connectivity index (χ1v) is 15.0. The zero-order valence-electron chi connectivity index (χ0n) is 20.9. The second-order valence-corrected chi connectivity index (χ2v) is 13.6. The predicted octanol–water partition coefficient (Wildman–Crippen LogP) is 3.82. The third kappa shape index (κ3) is 7.25. The van der Waals surface area contributed by atoms with Crippen molar-refractivity contribution in [2.24, 2.45) is 0 Å². The summed E-state index contributed by atoms with van der Waals surface area (Å²) in [6.07, 6.45) is -0.947. The van der Waals surface area contributed by atoms with E-state index in [0.29, 0.717) is 19.3 Å². The molecule has 2 saturated carbocycles. The standard InChI is InChI=1S/C19H20F3NO5S2.C5H6N2O2/c1-28-14-4-5-15(9-14)30(26,27)18-6-3-12(8-17(18)19(20,21)22)13-7-16(11-23-10-13)29(2,24)25;6-3-5(1-2-5)7-4(8)9/h3,6-8,10-11,14-15H,4-5,9H2,1-2H3;7H,1-2H2,(H,8,9)/t14-,15-;/m1./s1. The van der Waals surface area contributed by atoms with Crippen molar-refractivity contribution in [3.63, 3.8) is 0 Å². The number of ether oxygens (including phenoxy) is 1. The number of amides is 1. The van der Waals surface area contributed by atoms with Crippen LogP contribution < -0.4 is 5.32 Å². The molecule has 4 rings (SSSR count). The van der Waals surface area contributed by atoms with Crippen LogP contribution in [0.15, 0.2) is 46.5 Å². The van der Waals surface area contributed by atoms with Crippen LogP contribution in [0.25, 0.3) is 11.1 Å². The smallest absolute Gasteiger partial charge is 0.417 e. The Kier molecular flexibility index (Phi) is 8.63. The molecule has 0 bridgehead atoms. The van der Waals surface area contributed by atoms with Crippen molar-refractivity contribution in [1.82, 2.24) is 10.3 Å². The lowest BCUT2D eigenvalue weighted by Crippen LogP contribution is -2.33. The van der Waals surface area contributed by atoms with Crippen LogP contribution in [0.2, 0.25) is 0 Å². The molecule has 2 fully saturated rings. The van der Waals surface area contributed by atoms with Gasteiger partial charge in [0.2, 0.25) is 0 Å². The molecule has 15 heteroatoms. The molecule has 0 spiro atoms. The van der Waals surface area contributed by atoms with Crippen molar-refractivity contribution in [3.05, 3.63) is 42.2 Å². The Hall–Kier alpha value is -3.22. The van der Waals surface area contributed by atoms with E-state index in [-0.39, 0.29) is 35.0 Å². The lowest BCUT2D eigenvalue weighted by atomic mass is 10.0. The van der Waals surface area contributed by atoms with Gasteiger partial charge in [0.15, 0.2) is 19.7 Å². The molecule has 2 aliphatic carbocycles. The van der Waals surface area contributed by atoms with Gasteiger partial charge in [-0.1, -0.05) is 6.07 Å². The molecule has 0 saturated heterocycles. The van der Waals surface area contributed by atoms with Crippen LogP contribution >= 0.6 is 0 Å². The minimum atomic E-state index is -4.92. The van der Waals surface area contributed by atoms with Crippen LogP contribution in [0.4, 0.5) is 18.0 Å². The van der Waals surface area contributed by atoms with Gasteiger partial charge in [-0.15, -0.1) is 0 Å². The van der Waals surface area contributed by atoms with Crippen molar-refractivity contribution < 1.29 is 44.6 Å². The molecule has 10 nitrogen and oxygen atoms in total. The summed E-state index contributed by atoms with van der Waals surface area (Å²) in [5.41, 5.74) is -1.87. The Labute approximate surface area is 223 Å². The lowest BCUT2D eigenvalue weighted by molar-refractivity contribution is -0.139. The average molecular weight is 590 g/mol. The number of nitrogens with zero attached hydrogens (tertiary/aromatic N) is 2. The van der Waals surface area contributed by atoms with Gasteiger partial charge in [-0.25, -0.2) is 21.6 Å². The summed E-state index contributed by atoms with van der Waals surface area (Å²) in [6, 6.07) is 5.97. The summed E-state index contributed by atoms with van der Waals surface area (Å²) in [4.78, 5) is 12.8. The van der Waals surface area contributed by atoms with E-state index in [9.17, 15) is 34.8 Å². The second kappa shape index (κ2) is 11.1. The third-order valence-corrected chi connectivity index (χ3v) is 9.84. The minimum absolute atomic E-state index is 0.0143. The highest BCUT2D eigenvalue weighted by molar-refractivity contribution is 7.92. The number of nitrogens with one attached hydrogen (secondary N) is 1. The van der Waals surface area contributed by atoms with Gasteiger partial charge in [-0.3, -0.25) is 4.98 Å². The van der Waals surface area contributed by atoms with Gasteiger partial charge in [-0.05, 0) is 55.9 Å². The minimum Gasteiger partial charge on any atom is -0.465 e. The Morgan fingerprint density at radius 1 is 1.15 bits per heavy atom. The number of pyridine rings is 1. The van der Waals surface area contributed by atoms with Gasteiger partial charge in [-0.2, -0.15) is 18.4 Å². The van der Waals surface area contributed by atoms with Crippen molar-refractivity contribution in [3.8, 4) is 17.2 Å². The largest absolute Gasteiger partial charge is 0.465 e. The molecular formula is C24H26F3N3O7S2. The van der Waals surface area contributed by atoms with E-state index in [1.54, 1.807) is 0 Å². The highest BCUT2D eigenvalue weighted by Crippen LogP contribution is 2.40. The van der Waals surface area contributed by atoms with E-state index < -0.39 is 53.2 Å². The summed E-state index contributed by atoms with van der Waals surface area (Å²) >= 11 is 0. The number of carboxylic acid groups (broad SMARTS) is 1. The maximum Gasteiger partial charge on any atom is 0.417 e. The summed E-state index contributed by atoms with van der Waals surface area (Å²) in [5.74, 6) is 0. The third-order valence-electron chi connectivity index (χ3n) is 6.48. The fourth-order valence-corrected chi connectivity index (χ4v) is 6.74. The number of benzene rings is 1. The highest BCUT2D eigenvalue weighted by atomic mass is 32.2. The van der Waals surface area contributed by atoms with Crippen LogP contribution in [0.3, 0.4) is 0 Å². The number of halogens is 3. The first-order valence-electron chi connectivity index (χ1n) is 11.6. The van der Waals surface area contributed by atoms with E-state index in [1.807, 2.05) is 6.07 Å². The first-order chi connectivity index (χ1) is 18.0. The second-order valence-electron chi connectivity index (χ2n) is 9.35. The van der Waals surface area contributed by atoms with Gasteiger partial charge in [0, 0.05) is 31.3 Å². The number of alkyl halides is 3. The number of sulfone groups is 2. The predicted molar refractivity (Wildman–Crippen MR) is 132 cm³/mol. The zero-order valence-corrected chi connectivity index (χ0v) is 22.5. The zero-order chi connectivity index (χ0) is 29.2. The molecule has 2 atom stereocenters. The molecule has 1 aromatic carbocycles. The summed E-state index contributed by atoms with van der Waals surface area (Å²) in [7, 11) is -6.41. The van der Waals surface area contributed by atoms with E-state index in [2.05, 4.69) is 10.3 Å². The van der Waals surface area contributed by atoms with Crippen molar-refractivity contribution >= 4 is 25.8 Å². The fourth-order valence-electron chi connectivity index (χ4n) is 4.13. The van der Waals surface area contributed by atoms with Crippen molar-refractivity contribution in [2.75, 3.05) is 13.4 Å². The maximum atomic E-state index is 13.8. The Bertz CT molecular complexity index is 1500. The summed E-state index contributed by atoms with van der Waals surface area (Å²) < 4.78 is 95.8. The Morgan fingerprint density at radius 2 is 1.82 bits per heavy atom. The fraction of sp³-hybridized carbons (Fsp3) is 0.458. The van der Waals surface area contributed by atoms with Crippen LogP contribution in [0, 0.1) is 11.3 Å². The van der Waals surface area contributed by atoms with Crippen LogP contribution in [-0.2, 0) is 30.6 Å². The number of carbonyl (C=O) groups is 1. The van der Waals surface area contributed by atoms with Gasteiger partial charge < -0.3 is 15.2 Å². The normalized spacial score (nSPS) is 20.3. The Balaban J connectivity index is 0.000000395. The SMILES string of the molecule is CO[C@@H]1CC[C@@H](S(=O)(=O)c2ccc(-c3cncc(S(C)(=O)=O)c3)cc2C(F)(F)F)C1.N#CC1(NC(=O)O)CC1. The number of nitriles is 1. The van der Waals surface area contributed by atoms with Crippen LogP contribution in [-0.4, -0.2) is 63.3 Å². The van der Waals surface area contributed by atoms with Crippen LogP contribution in [0.1, 0.15) is 37.7 Å². The van der Waals surface area contributed by atoms with Crippen molar-refractivity contribution in [1.29, 1.82) is 5.26 Å². The van der Waals surface area contributed by atoms with Gasteiger partial charge in [0.1, 0.15) is 5.54 Å². The average Bonchev–Trinajstić information content (AvgIpc) is 3.44. The number of rotatable bonds is 6. The molecule has 0 radical (unpaired) electrons. The summed E-state index contributed by atoms with van der Waals surface area (Å²) in [6.45, 7) is 0. The van der Waals surface area contributed by atoms with Gasteiger partial charge in [0.25, 0.3) is 0 Å². The molecule has 2 N–H and O–H groups in total. The van der Waals surface area contributed by atoms with Gasteiger partial charge in [0.05, 0.1) is 32.8 Å². The molecule has 1 aromatic heterocycles. The number of aromatic nitrogens is 1. The molecule has 0 aliphatic heterocycles. The number of hydrogen-bond acceptors (Lipinski definition) is 8. The molecule has 0 unspecified atom stereocenters. The monoisotopic (exact) mass is 589 g/mol. The van der Waals surface area contributed by atoms with Gasteiger partial charge >= 0.3 is 12.3 Å². The molecule has 2 aromatic rings. The van der Waals surface area contributed by atoms with E-state index in [1.165, 1.54) is 25.4 Å². The van der Waals surface area contributed by atoms with E-state index >= 15 is 0 Å². The van der Waals surface area contributed by atoms with Crippen LogP contribution in [0.5, 0.6) is 0 Å². The highest BCUT2D eigenvalue weighted by Gasteiger charge is 2.45. The molecule has 1 amide bonds. The molecule has 2 aliphatic rings. The quantitative estimate of drug-likeness (QED) is 0.510. The number of hydrogen-bond donors (Lipinski definition) is 2. The Morgan fingerprint density at radius 3 is 2.28 bits per heavy atom. The summed E-state index contributed by atoms with van der Waals surface area (Å²) in [5, 5.41) is 17.7. The van der Waals surface area contributed by atoms with Crippen molar-refractivity contribution in [2.45, 2.75) is 65.0 Å². The lowest BCUT2D eigenvalue weighted by Gasteiger charge is -2.18. The molecular weight excluding hydrogens is 563 g/mol. The van der Waals surface area contributed by atoms with E-state index in [4.69, 9.17) is 15.1 Å². The number of methoxy groups -OCH3 is 1. The molecule has 1 heterocycles. The molecule has 39 heavy (non-hydrogen) atoms. The maximum absolute atomic E-state index is 13.8.